The van der Waals surface area contributed by atoms with Crippen LogP contribution in [0.3, 0.4) is 0 Å². The quantitative estimate of drug-likeness (QED) is 0.0602. The second-order valence-corrected chi connectivity index (χ2v) is 9.92. The summed E-state index contributed by atoms with van der Waals surface area (Å²) in [7, 11) is 0. The van der Waals surface area contributed by atoms with Gasteiger partial charge in [0.2, 0.25) is 0 Å². The molecule has 1 unspecified atom stereocenters. The summed E-state index contributed by atoms with van der Waals surface area (Å²) in [5.41, 5.74) is 0. The standard InChI is InChI=1S/C18H32O2.C16H29/c1-4-6-8-9-10-11-12-14-16-18(20-17(3)19)15-13-7-5-2;1-3-5-7-9-11-13-15-16-14-12-10-8-6-4-2/h4,6,8,18H,1,5,7,9-16H2,2-3H3;1,3-9,11,13-16H2,2H3/b8-6+;. The Kier molecular flexibility index (Phi) is 34.1. The molecule has 1 radical (unpaired) electrons. The van der Waals surface area contributed by atoms with Gasteiger partial charge in [0.05, 0.1) is 0 Å². The van der Waals surface area contributed by atoms with Crippen LogP contribution in [-0.4, -0.2) is 12.1 Å². The molecule has 209 valence electrons. The van der Waals surface area contributed by atoms with Crippen molar-refractivity contribution in [1.82, 2.24) is 0 Å². The molecule has 0 fully saturated rings. The maximum absolute atomic E-state index is 11.1. The fourth-order valence-electron chi connectivity index (χ4n) is 4.02. The van der Waals surface area contributed by atoms with Gasteiger partial charge in [-0.1, -0.05) is 123 Å². The van der Waals surface area contributed by atoms with Crippen molar-refractivity contribution < 1.29 is 9.53 Å². The van der Waals surface area contributed by atoms with Crippen LogP contribution in [0, 0.1) is 18.8 Å². The van der Waals surface area contributed by atoms with Crippen molar-refractivity contribution in [2.45, 2.75) is 168 Å². The van der Waals surface area contributed by atoms with E-state index in [1.165, 1.54) is 103 Å². The van der Waals surface area contributed by atoms with Gasteiger partial charge in [-0.2, -0.15) is 0 Å². The second kappa shape index (κ2) is 33.5. The number of hydrogen-bond donors (Lipinski definition) is 0. The molecule has 0 saturated heterocycles. The first-order chi connectivity index (χ1) is 17.6. The van der Waals surface area contributed by atoms with Crippen molar-refractivity contribution in [2.75, 3.05) is 0 Å². The number of ether oxygens (including phenoxy) is 1. The average Bonchev–Trinajstić information content (AvgIpc) is 2.86. The van der Waals surface area contributed by atoms with Gasteiger partial charge in [-0.15, -0.1) is 11.8 Å². The molecule has 0 aliphatic carbocycles. The summed E-state index contributed by atoms with van der Waals surface area (Å²) < 4.78 is 5.40. The van der Waals surface area contributed by atoms with Gasteiger partial charge in [0.25, 0.3) is 0 Å². The minimum atomic E-state index is -0.138. The van der Waals surface area contributed by atoms with E-state index in [9.17, 15) is 4.79 Å². The average molecular weight is 502 g/mol. The first-order valence-corrected chi connectivity index (χ1v) is 15.3. The van der Waals surface area contributed by atoms with E-state index in [4.69, 9.17) is 4.74 Å². The monoisotopic (exact) mass is 501 g/mol. The Morgan fingerprint density at radius 2 is 1.28 bits per heavy atom. The first kappa shape index (κ1) is 36.7. The Balaban J connectivity index is 0. The van der Waals surface area contributed by atoms with Crippen molar-refractivity contribution in [3.8, 4) is 11.8 Å². The fraction of sp³-hybridized carbons (Fsp3) is 0.765. The molecule has 0 rings (SSSR count). The van der Waals surface area contributed by atoms with Crippen LogP contribution >= 0.6 is 0 Å². The van der Waals surface area contributed by atoms with Crippen molar-refractivity contribution in [2.24, 2.45) is 0 Å². The molecule has 0 saturated carbocycles. The summed E-state index contributed by atoms with van der Waals surface area (Å²) in [5, 5.41) is 0. The molecule has 36 heavy (non-hydrogen) atoms. The van der Waals surface area contributed by atoms with Crippen LogP contribution < -0.4 is 0 Å². The highest BCUT2D eigenvalue weighted by atomic mass is 16.5. The Hall–Kier alpha value is -1.49. The largest absolute Gasteiger partial charge is 0.463 e. The number of carbonyl (C=O) groups is 1. The van der Waals surface area contributed by atoms with Crippen LogP contribution in [0.4, 0.5) is 0 Å². The van der Waals surface area contributed by atoms with E-state index in [-0.39, 0.29) is 12.1 Å². The molecular weight excluding hydrogens is 440 g/mol. The molecule has 0 aromatic rings. The molecular formula is C34H61O2. The highest BCUT2D eigenvalue weighted by molar-refractivity contribution is 5.66. The molecule has 0 aromatic carbocycles. The number of esters is 1. The highest BCUT2D eigenvalue weighted by Gasteiger charge is 2.11. The van der Waals surface area contributed by atoms with Gasteiger partial charge in [0.15, 0.2) is 0 Å². The van der Waals surface area contributed by atoms with Crippen molar-refractivity contribution in [3.05, 3.63) is 31.7 Å². The number of carbonyl (C=O) groups excluding carboxylic acids is 1. The van der Waals surface area contributed by atoms with Crippen molar-refractivity contribution in [3.63, 3.8) is 0 Å². The molecule has 0 aliphatic rings. The molecule has 0 bridgehead atoms. The van der Waals surface area contributed by atoms with Gasteiger partial charge in [-0.05, 0) is 51.4 Å². The maximum Gasteiger partial charge on any atom is 0.302 e. The van der Waals surface area contributed by atoms with E-state index >= 15 is 0 Å². The first-order valence-electron chi connectivity index (χ1n) is 15.3. The van der Waals surface area contributed by atoms with Gasteiger partial charge in [0.1, 0.15) is 6.10 Å². The van der Waals surface area contributed by atoms with Crippen molar-refractivity contribution >= 4 is 5.97 Å². The van der Waals surface area contributed by atoms with E-state index in [1.807, 2.05) is 12.2 Å². The van der Waals surface area contributed by atoms with Crippen LogP contribution in [-0.2, 0) is 9.53 Å². The predicted octanol–water partition coefficient (Wildman–Crippen LogP) is 11.1. The van der Waals surface area contributed by atoms with Crippen LogP contribution in [0.25, 0.3) is 0 Å². The summed E-state index contributed by atoms with van der Waals surface area (Å²) in [5.74, 6) is 6.38. The predicted molar refractivity (Wildman–Crippen MR) is 161 cm³/mol. The lowest BCUT2D eigenvalue weighted by atomic mass is 10.0. The van der Waals surface area contributed by atoms with E-state index < -0.39 is 0 Å². The lowest BCUT2D eigenvalue weighted by Gasteiger charge is -2.16. The fourth-order valence-corrected chi connectivity index (χ4v) is 4.02. The summed E-state index contributed by atoms with van der Waals surface area (Å²) >= 11 is 0. The van der Waals surface area contributed by atoms with Crippen LogP contribution in [0.1, 0.15) is 162 Å². The maximum atomic E-state index is 11.1. The lowest BCUT2D eigenvalue weighted by Crippen LogP contribution is -2.16. The zero-order valence-corrected chi connectivity index (χ0v) is 24.6. The lowest BCUT2D eigenvalue weighted by molar-refractivity contribution is -0.147. The third-order valence-corrected chi connectivity index (χ3v) is 6.21. The molecule has 0 spiro atoms. The molecule has 0 aromatic heterocycles. The molecule has 0 N–H and O–H groups in total. The smallest absolute Gasteiger partial charge is 0.302 e. The van der Waals surface area contributed by atoms with E-state index in [2.05, 4.69) is 45.3 Å². The SMILES string of the molecule is C=C/C=C/CCCCCCC(CCCCC)OC(C)=O.[CH2]CCCCCCCCCC#CCCCC. The van der Waals surface area contributed by atoms with Crippen LogP contribution in [0.2, 0.25) is 0 Å². The van der Waals surface area contributed by atoms with Crippen LogP contribution in [0.15, 0.2) is 24.8 Å². The topological polar surface area (TPSA) is 26.3 Å². The molecule has 2 nitrogen and oxygen atoms in total. The molecule has 2 heteroatoms. The van der Waals surface area contributed by atoms with Gasteiger partial charge in [-0.3, -0.25) is 4.79 Å². The zero-order valence-electron chi connectivity index (χ0n) is 24.6. The van der Waals surface area contributed by atoms with Gasteiger partial charge in [0, 0.05) is 19.8 Å². The Labute approximate surface area is 227 Å². The Morgan fingerprint density at radius 1 is 0.750 bits per heavy atom. The molecule has 0 aliphatic heterocycles. The minimum Gasteiger partial charge on any atom is -0.463 e. The summed E-state index contributed by atoms with van der Waals surface area (Å²) in [4.78, 5) is 11.1. The Bertz CT molecular complexity index is 537. The second-order valence-electron chi connectivity index (χ2n) is 9.92. The van der Waals surface area contributed by atoms with Crippen LogP contribution in [0.5, 0.6) is 0 Å². The number of hydrogen-bond acceptors (Lipinski definition) is 2. The summed E-state index contributed by atoms with van der Waals surface area (Å²) in [6, 6.07) is 0. The Morgan fingerprint density at radius 3 is 1.86 bits per heavy atom. The van der Waals surface area contributed by atoms with Crippen molar-refractivity contribution in [1.29, 1.82) is 0 Å². The third kappa shape index (κ3) is 34.7. The number of unbranched alkanes of at least 4 members (excludes halogenated alkanes) is 16. The normalized spacial score (nSPS) is 11.3. The van der Waals surface area contributed by atoms with Gasteiger partial charge in [-0.25, -0.2) is 0 Å². The molecule has 1 atom stereocenters. The number of rotatable bonds is 23. The summed E-state index contributed by atoms with van der Waals surface area (Å²) in [6.45, 7) is 13.4. The molecule has 0 heterocycles. The van der Waals surface area contributed by atoms with E-state index in [0.29, 0.717) is 0 Å². The highest BCUT2D eigenvalue weighted by Crippen LogP contribution is 2.15. The van der Waals surface area contributed by atoms with E-state index in [1.54, 1.807) is 0 Å². The zero-order chi connectivity index (χ0) is 27.0. The number of allylic oxidation sites excluding steroid dienone is 3. The van der Waals surface area contributed by atoms with Gasteiger partial charge >= 0.3 is 5.97 Å². The van der Waals surface area contributed by atoms with E-state index in [0.717, 1.165) is 44.9 Å². The third-order valence-electron chi connectivity index (χ3n) is 6.21. The van der Waals surface area contributed by atoms with Gasteiger partial charge < -0.3 is 4.74 Å². The molecule has 0 amide bonds. The summed E-state index contributed by atoms with van der Waals surface area (Å²) in [6.07, 6.45) is 33.2. The minimum absolute atomic E-state index is 0.138.